The fraction of sp³-hybridized carbons (Fsp3) is 0.0667. The van der Waals surface area contributed by atoms with Crippen molar-refractivity contribution < 1.29 is 4.52 Å². The number of aryl methyl sites for hydroxylation is 1. The van der Waals surface area contributed by atoms with Crippen molar-refractivity contribution in [2.45, 2.75) is 6.92 Å². The number of nitrogens with two attached hydrogens (primary N) is 1. The molecule has 1 aromatic carbocycles. The number of hydrogen-bond donors (Lipinski definition) is 1. The summed E-state index contributed by atoms with van der Waals surface area (Å²) in [6.45, 7) is 2.03. The summed E-state index contributed by atoms with van der Waals surface area (Å²) in [5.74, 6) is 0.309. The second-order valence-electron chi connectivity index (χ2n) is 4.52. The van der Waals surface area contributed by atoms with E-state index in [-0.39, 0.29) is 0 Å². The Morgan fingerprint density at radius 3 is 2.55 bits per heavy atom. The molecule has 0 radical (unpaired) electrons. The average Bonchev–Trinajstić information content (AvgIpc) is 2.80. The number of hydrogen-bond acceptors (Lipinski definition) is 4. The molecule has 4 nitrogen and oxygen atoms in total. The number of nitrogen functional groups attached to an aromatic ring is 1. The normalized spacial score (nSPS) is 10.7. The Bertz CT molecular complexity index is 733. The minimum absolute atomic E-state index is 0.309. The van der Waals surface area contributed by atoms with Crippen LogP contribution in [0.4, 0.5) is 5.88 Å². The summed E-state index contributed by atoms with van der Waals surface area (Å²) in [6.07, 6.45) is 3.44. The van der Waals surface area contributed by atoms with Gasteiger partial charge in [0.2, 0.25) is 5.88 Å². The van der Waals surface area contributed by atoms with Crippen LogP contribution in [0.1, 0.15) is 5.56 Å². The molecule has 2 heterocycles. The van der Waals surface area contributed by atoms with E-state index in [0.717, 1.165) is 32.4 Å². The molecular weight excluding hydrogens is 318 g/mol. The molecule has 0 saturated carbocycles. The van der Waals surface area contributed by atoms with Crippen LogP contribution in [0.15, 0.2) is 51.7 Å². The Labute approximate surface area is 124 Å². The third-order valence-corrected chi connectivity index (χ3v) is 3.46. The van der Waals surface area contributed by atoms with Crippen LogP contribution in [0.25, 0.3) is 22.4 Å². The van der Waals surface area contributed by atoms with Gasteiger partial charge in [0.15, 0.2) is 0 Å². The van der Waals surface area contributed by atoms with Crippen LogP contribution < -0.4 is 5.73 Å². The second-order valence-corrected chi connectivity index (χ2v) is 5.44. The highest BCUT2D eigenvalue weighted by atomic mass is 79.9. The molecule has 100 valence electrons. The standard InChI is InChI=1S/C15H12BrN3O/c1-9-6-11(8-12(16)7-9)14-13(15(17)20-19-14)10-2-4-18-5-3-10/h2-8H,17H2,1H3. The van der Waals surface area contributed by atoms with Crippen molar-refractivity contribution in [3.63, 3.8) is 0 Å². The van der Waals surface area contributed by atoms with Gasteiger partial charge in [-0.2, -0.15) is 0 Å². The fourth-order valence-electron chi connectivity index (χ4n) is 2.17. The summed E-state index contributed by atoms with van der Waals surface area (Å²) in [6, 6.07) is 9.86. The molecule has 0 aliphatic carbocycles. The van der Waals surface area contributed by atoms with Gasteiger partial charge in [0.25, 0.3) is 0 Å². The van der Waals surface area contributed by atoms with Crippen LogP contribution in [0.3, 0.4) is 0 Å². The second kappa shape index (κ2) is 5.09. The Morgan fingerprint density at radius 2 is 1.85 bits per heavy atom. The van der Waals surface area contributed by atoms with Crippen molar-refractivity contribution in [2.24, 2.45) is 0 Å². The maximum Gasteiger partial charge on any atom is 0.230 e. The maximum atomic E-state index is 5.93. The van der Waals surface area contributed by atoms with Crippen LogP contribution in [0.5, 0.6) is 0 Å². The SMILES string of the molecule is Cc1cc(Br)cc(-c2noc(N)c2-c2ccncc2)c1. The lowest BCUT2D eigenvalue weighted by Gasteiger charge is -2.04. The van der Waals surface area contributed by atoms with Gasteiger partial charge in [-0.05, 0) is 48.4 Å². The van der Waals surface area contributed by atoms with Gasteiger partial charge in [0.05, 0.1) is 5.56 Å². The van der Waals surface area contributed by atoms with Gasteiger partial charge in [0.1, 0.15) is 5.69 Å². The van der Waals surface area contributed by atoms with Crippen molar-refractivity contribution in [3.8, 4) is 22.4 Å². The Balaban J connectivity index is 2.21. The largest absolute Gasteiger partial charge is 0.367 e. The average molecular weight is 330 g/mol. The summed E-state index contributed by atoms with van der Waals surface area (Å²) >= 11 is 3.50. The van der Waals surface area contributed by atoms with Gasteiger partial charge in [0, 0.05) is 22.4 Å². The molecule has 3 rings (SSSR count). The smallest absolute Gasteiger partial charge is 0.230 e. The van der Waals surface area contributed by atoms with Crippen molar-refractivity contribution in [2.75, 3.05) is 5.73 Å². The molecule has 2 aromatic heterocycles. The van der Waals surface area contributed by atoms with E-state index in [4.69, 9.17) is 10.3 Å². The first-order valence-electron chi connectivity index (χ1n) is 6.08. The zero-order valence-electron chi connectivity index (χ0n) is 10.8. The molecule has 2 N–H and O–H groups in total. The number of pyridine rings is 1. The van der Waals surface area contributed by atoms with Gasteiger partial charge in [-0.25, -0.2) is 0 Å². The minimum atomic E-state index is 0.309. The van der Waals surface area contributed by atoms with Crippen LogP contribution in [-0.2, 0) is 0 Å². The summed E-state index contributed by atoms with van der Waals surface area (Å²) < 4.78 is 6.17. The zero-order valence-corrected chi connectivity index (χ0v) is 12.4. The lowest BCUT2D eigenvalue weighted by Crippen LogP contribution is -1.88. The third kappa shape index (κ3) is 2.32. The highest BCUT2D eigenvalue weighted by Crippen LogP contribution is 2.36. The first-order chi connectivity index (χ1) is 9.65. The van der Waals surface area contributed by atoms with Crippen molar-refractivity contribution in [1.29, 1.82) is 0 Å². The number of nitrogens with zero attached hydrogens (tertiary/aromatic N) is 2. The number of halogens is 1. The van der Waals surface area contributed by atoms with Crippen LogP contribution in [0, 0.1) is 6.92 Å². The molecule has 0 bridgehead atoms. The lowest BCUT2D eigenvalue weighted by molar-refractivity contribution is 0.439. The molecule has 5 heteroatoms. The zero-order chi connectivity index (χ0) is 14.1. The molecule has 0 unspecified atom stereocenters. The van der Waals surface area contributed by atoms with Gasteiger partial charge in [-0.3, -0.25) is 4.98 Å². The monoisotopic (exact) mass is 329 g/mol. The number of aromatic nitrogens is 2. The van der Waals surface area contributed by atoms with Gasteiger partial charge < -0.3 is 10.3 Å². The first kappa shape index (κ1) is 12.9. The molecule has 0 aliphatic rings. The van der Waals surface area contributed by atoms with E-state index in [0.29, 0.717) is 5.88 Å². The quantitative estimate of drug-likeness (QED) is 0.770. The van der Waals surface area contributed by atoms with E-state index in [1.54, 1.807) is 12.4 Å². The number of anilines is 1. The molecule has 3 aromatic rings. The predicted octanol–water partition coefficient (Wildman–Crippen LogP) is 4.06. The summed E-state index contributed by atoms with van der Waals surface area (Å²) in [4.78, 5) is 4.02. The molecule has 0 atom stereocenters. The van der Waals surface area contributed by atoms with Crippen LogP contribution >= 0.6 is 15.9 Å². The van der Waals surface area contributed by atoms with E-state index in [1.165, 1.54) is 0 Å². The molecule has 0 fully saturated rings. The Morgan fingerprint density at radius 1 is 1.10 bits per heavy atom. The van der Waals surface area contributed by atoms with Crippen LogP contribution in [-0.4, -0.2) is 10.1 Å². The van der Waals surface area contributed by atoms with E-state index in [2.05, 4.69) is 26.1 Å². The lowest BCUT2D eigenvalue weighted by atomic mass is 10.0. The van der Waals surface area contributed by atoms with E-state index >= 15 is 0 Å². The third-order valence-electron chi connectivity index (χ3n) is 3.00. The number of rotatable bonds is 2. The Kier molecular flexibility index (Phi) is 3.28. The predicted molar refractivity (Wildman–Crippen MR) is 82.0 cm³/mol. The maximum absolute atomic E-state index is 5.93. The summed E-state index contributed by atoms with van der Waals surface area (Å²) in [5.41, 5.74) is 10.5. The molecular formula is C15H12BrN3O. The summed E-state index contributed by atoms with van der Waals surface area (Å²) in [5, 5.41) is 4.10. The molecule has 0 saturated heterocycles. The Hall–Kier alpha value is -2.14. The van der Waals surface area contributed by atoms with Crippen molar-refractivity contribution >= 4 is 21.8 Å². The molecule has 0 aliphatic heterocycles. The number of benzene rings is 1. The first-order valence-corrected chi connectivity index (χ1v) is 6.87. The summed E-state index contributed by atoms with van der Waals surface area (Å²) in [7, 11) is 0. The van der Waals surface area contributed by atoms with E-state index in [1.807, 2.05) is 37.3 Å². The molecule has 20 heavy (non-hydrogen) atoms. The van der Waals surface area contributed by atoms with Gasteiger partial charge in [-0.1, -0.05) is 21.1 Å². The van der Waals surface area contributed by atoms with Crippen LogP contribution in [0.2, 0.25) is 0 Å². The van der Waals surface area contributed by atoms with Crippen molar-refractivity contribution in [1.82, 2.24) is 10.1 Å². The topological polar surface area (TPSA) is 64.9 Å². The van der Waals surface area contributed by atoms with E-state index in [9.17, 15) is 0 Å². The van der Waals surface area contributed by atoms with Crippen molar-refractivity contribution in [3.05, 3.63) is 52.8 Å². The highest BCUT2D eigenvalue weighted by Gasteiger charge is 2.17. The van der Waals surface area contributed by atoms with Gasteiger partial charge in [-0.15, -0.1) is 0 Å². The highest BCUT2D eigenvalue weighted by molar-refractivity contribution is 9.10. The van der Waals surface area contributed by atoms with E-state index < -0.39 is 0 Å². The fourth-order valence-corrected chi connectivity index (χ4v) is 2.78. The minimum Gasteiger partial charge on any atom is -0.367 e. The molecule has 0 amide bonds. The van der Waals surface area contributed by atoms with Gasteiger partial charge >= 0.3 is 0 Å². The molecule has 0 spiro atoms.